The van der Waals surface area contributed by atoms with E-state index in [1.807, 2.05) is 39.1 Å². The lowest BCUT2D eigenvalue weighted by atomic mass is 9.99. The molecule has 5 nitrogen and oxygen atoms in total. The van der Waals surface area contributed by atoms with Crippen LogP contribution in [0, 0.1) is 6.92 Å². The fourth-order valence-electron chi connectivity index (χ4n) is 3.61. The van der Waals surface area contributed by atoms with E-state index in [0.717, 1.165) is 23.0 Å². The molecule has 0 fully saturated rings. The van der Waals surface area contributed by atoms with Gasteiger partial charge in [-0.25, -0.2) is 0 Å². The van der Waals surface area contributed by atoms with Gasteiger partial charge in [-0.1, -0.05) is 43.0 Å². The van der Waals surface area contributed by atoms with Gasteiger partial charge in [-0.3, -0.25) is 4.99 Å². The molecule has 2 aromatic carbocycles. The normalized spacial score (nSPS) is 13.7. The molecule has 0 saturated heterocycles. The summed E-state index contributed by atoms with van der Waals surface area (Å²) in [7, 11) is 1.75. The fraction of sp³-hybridized carbons (Fsp3) is 0.321. The first-order valence-corrected chi connectivity index (χ1v) is 11.7. The number of anilines is 1. The van der Waals surface area contributed by atoms with E-state index >= 15 is 0 Å². The maximum absolute atomic E-state index is 13.2. The Morgan fingerprint density at radius 2 is 1.64 bits per heavy atom. The van der Waals surface area contributed by atoms with Gasteiger partial charge in [0.05, 0.1) is 23.1 Å². The minimum absolute atomic E-state index is 0.0366. The number of rotatable bonds is 12. The van der Waals surface area contributed by atoms with Gasteiger partial charge in [0.25, 0.3) is 0 Å². The molecule has 0 spiro atoms. The Labute approximate surface area is 212 Å². The van der Waals surface area contributed by atoms with E-state index in [0.29, 0.717) is 18.9 Å². The average molecular weight is 500 g/mol. The molecule has 0 aliphatic heterocycles. The van der Waals surface area contributed by atoms with Crippen molar-refractivity contribution in [2.75, 3.05) is 25.5 Å². The summed E-state index contributed by atoms with van der Waals surface area (Å²) in [4.78, 5) is 4.10. The van der Waals surface area contributed by atoms with Gasteiger partial charge in [0.15, 0.2) is 0 Å². The molecule has 0 bridgehead atoms. The van der Waals surface area contributed by atoms with Crippen LogP contribution in [0.2, 0.25) is 0 Å². The molecule has 2 aromatic rings. The van der Waals surface area contributed by atoms with Crippen LogP contribution in [0.15, 0.2) is 89.0 Å². The Balaban J connectivity index is 2.00. The number of nitrogens with zero attached hydrogens (tertiary/aromatic N) is 1. The van der Waals surface area contributed by atoms with Gasteiger partial charge in [0.1, 0.15) is 0 Å². The Kier molecular flexibility index (Phi) is 10.6. The van der Waals surface area contributed by atoms with Gasteiger partial charge < -0.3 is 21.3 Å². The van der Waals surface area contributed by atoms with Crippen molar-refractivity contribution < 1.29 is 13.2 Å². The summed E-state index contributed by atoms with van der Waals surface area (Å²) in [6, 6.07) is 13.5. The van der Waals surface area contributed by atoms with Gasteiger partial charge in [-0.2, -0.15) is 13.2 Å². The zero-order valence-electron chi connectivity index (χ0n) is 21.6. The lowest BCUT2D eigenvalue weighted by Gasteiger charge is -2.22. The second-order valence-electron chi connectivity index (χ2n) is 8.52. The smallest absolute Gasteiger partial charge is 0.387 e. The number of para-hydroxylation sites is 1. The number of aliphatic imine (C=N–C) groups is 1. The minimum Gasteiger partial charge on any atom is -0.387 e. The third-order valence-corrected chi connectivity index (χ3v) is 5.61. The summed E-state index contributed by atoms with van der Waals surface area (Å²) in [6.07, 6.45) is -0.495. The molecule has 1 atom stereocenters. The second kappa shape index (κ2) is 13.4. The molecule has 4 N–H and O–H groups in total. The molecule has 0 aromatic heterocycles. The number of hydrogen-bond acceptors (Lipinski definition) is 5. The van der Waals surface area contributed by atoms with E-state index in [9.17, 15) is 13.2 Å². The zero-order chi connectivity index (χ0) is 26.7. The van der Waals surface area contributed by atoms with Crippen molar-refractivity contribution in [2.24, 2.45) is 4.99 Å². The van der Waals surface area contributed by atoms with Crippen LogP contribution in [0.1, 0.15) is 43.5 Å². The summed E-state index contributed by atoms with van der Waals surface area (Å²) >= 11 is 0. The summed E-state index contributed by atoms with van der Waals surface area (Å²) in [5, 5.41) is 12.7. The fourth-order valence-corrected chi connectivity index (χ4v) is 3.61. The monoisotopic (exact) mass is 499 g/mol. The molecular formula is C28H36F3N5. The second-order valence-corrected chi connectivity index (χ2v) is 8.52. The average Bonchev–Trinajstić information content (AvgIpc) is 2.81. The van der Waals surface area contributed by atoms with Crippen molar-refractivity contribution in [3.63, 3.8) is 0 Å². The maximum Gasteiger partial charge on any atom is 0.418 e. The van der Waals surface area contributed by atoms with Crippen LogP contribution < -0.4 is 21.3 Å². The predicted octanol–water partition coefficient (Wildman–Crippen LogP) is 6.31. The van der Waals surface area contributed by atoms with Crippen LogP contribution in [0.3, 0.4) is 0 Å². The highest BCUT2D eigenvalue weighted by atomic mass is 19.4. The number of nitrogens with one attached hydrogen (secondary N) is 4. The maximum atomic E-state index is 13.2. The van der Waals surface area contributed by atoms with Gasteiger partial charge in [0, 0.05) is 37.7 Å². The van der Waals surface area contributed by atoms with Crippen molar-refractivity contribution in [3.8, 4) is 0 Å². The van der Waals surface area contributed by atoms with Crippen LogP contribution in [0.25, 0.3) is 0 Å². The lowest BCUT2D eigenvalue weighted by Crippen LogP contribution is -2.29. The largest absolute Gasteiger partial charge is 0.418 e. The third-order valence-electron chi connectivity index (χ3n) is 5.61. The first-order valence-electron chi connectivity index (χ1n) is 11.7. The molecule has 36 heavy (non-hydrogen) atoms. The number of hydrogen-bond donors (Lipinski definition) is 4. The minimum atomic E-state index is -4.44. The summed E-state index contributed by atoms with van der Waals surface area (Å²) in [5.74, 6) is 0.295. The molecular weight excluding hydrogens is 463 g/mol. The Morgan fingerprint density at radius 3 is 2.31 bits per heavy atom. The molecule has 8 heteroatoms. The highest BCUT2D eigenvalue weighted by molar-refractivity contribution is 5.78. The van der Waals surface area contributed by atoms with E-state index in [1.165, 1.54) is 23.3 Å². The number of alkyl halides is 3. The van der Waals surface area contributed by atoms with Crippen molar-refractivity contribution in [1.82, 2.24) is 16.0 Å². The van der Waals surface area contributed by atoms with Crippen molar-refractivity contribution >= 4 is 11.9 Å². The molecule has 0 amide bonds. The first-order chi connectivity index (χ1) is 17.0. The Morgan fingerprint density at radius 1 is 1.00 bits per heavy atom. The van der Waals surface area contributed by atoms with Crippen molar-refractivity contribution in [1.29, 1.82) is 0 Å². The van der Waals surface area contributed by atoms with E-state index in [1.54, 1.807) is 13.1 Å². The Hall–Kier alpha value is -3.68. The van der Waals surface area contributed by atoms with Crippen LogP contribution in [0.4, 0.5) is 18.9 Å². The van der Waals surface area contributed by atoms with Crippen LogP contribution in [-0.2, 0) is 6.18 Å². The molecule has 194 valence electrons. The third kappa shape index (κ3) is 8.83. The highest BCUT2D eigenvalue weighted by Gasteiger charge is 2.33. The molecule has 0 aliphatic rings. The standard InChI is InChI=1S/C28H36F3N5/c1-19-11-7-8-12-24(19)27(35-22(4)20(2)18-32-6)17-21(3)33-15-16-34-23(5)36-26-14-10-9-13-25(26)28(29,30)31/h7-14,17-18,27,33-36H,5,15-16H2,1-4,6H3/b21-17+,22-20+,32-18?. The molecule has 0 saturated carbocycles. The first kappa shape index (κ1) is 28.6. The van der Waals surface area contributed by atoms with Gasteiger partial charge in [-0.15, -0.1) is 0 Å². The Bertz CT molecular complexity index is 1120. The van der Waals surface area contributed by atoms with Crippen LogP contribution in [-0.4, -0.2) is 26.4 Å². The van der Waals surface area contributed by atoms with Crippen molar-refractivity contribution in [3.05, 3.63) is 101 Å². The number of benzene rings is 2. The number of allylic oxidation sites excluding steroid dienone is 3. The quantitative estimate of drug-likeness (QED) is 0.204. The summed E-state index contributed by atoms with van der Waals surface area (Å²) in [6.45, 7) is 12.9. The topological polar surface area (TPSA) is 60.5 Å². The van der Waals surface area contributed by atoms with E-state index in [4.69, 9.17) is 0 Å². The predicted molar refractivity (Wildman–Crippen MR) is 144 cm³/mol. The van der Waals surface area contributed by atoms with Gasteiger partial charge in [0.2, 0.25) is 0 Å². The van der Waals surface area contributed by atoms with Crippen LogP contribution in [0.5, 0.6) is 0 Å². The SMILES string of the molecule is C=C(NCCN/C(C)=C/C(N/C(C)=C(\C)C=NC)c1ccccc1C)Nc1ccccc1C(F)(F)F. The van der Waals surface area contributed by atoms with Gasteiger partial charge >= 0.3 is 6.18 Å². The summed E-state index contributed by atoms with van der Waals surface area (Å²) in [5.41, 5.74) is 4.62. The molecule has 1 unspecified atom stereocenters. The lowest BCUT2D eigenvalue weighted by molar-refractivity contribution is -0.136. The van der Waals surface area contributed by atoms with Crippen LogP contribution >= 0.6 is 0 Å². The molecule has 2 rings (SSSR count). The van der Waals surface area contributed by atoms with E-state index in [-0.39, 0.29) is 11.7 Å². The van der Waals surface area contributed by atoms with Crippen molar-refractivity contribution in [2.45, 2.75) is 39.9 Å². The molecule has 0 heterocycles. The number of aryl methyl sites for hydroxylation is 1. The van der Waals surface area contributed by atoms with E-state index in [2.05, 4.69) is 58.0 Å². The highest BCUT2D eigenvalue weighted by Crippen LogP contribution is 2.34. The molecule has 0 radical (unpaired) electrons. The number of halogens is 3. The van der Waals surface area contributed by atoms with E-state index < -0.39 is 11.7 Å². The zero-order valence-corrected chi connectivity index (χ0v) is 21.6. The summed E-state index contributed by atoms with van der Waals surface area (Å²) < 4.78 is 39.6. The molecule has 0 aliphatic carbocycles. The van der Waals surface area contributed by atoms with Gasteiger partial charge in [-0.05, 0) is 62.6 Å².